The zero-order valence-corrected chi connectivity index (χ0v) is 8.75. The molecule has 0 saturated carbocycles. The van der Waals surface area contributed by atoms with Crippen LogP contribution in [0.5, 0.6) is 5.75 Å². The van der Waals surface area contributed by atoms with E-state index in [4.69, 9.17) is 16.7 Å². The van der Waals surface area contributed by atoms with Crippen LogP contribution in [0, 0.1) is 11.7 Å². The van der Waals surface area contributed by atoms with Gasteiger partial charge >= 0.3 is 5.97 Å². The van der Waals surface area contributed by atoms with Crippen molar-refractivity contribution < 1.29 is 19.4 Å². The summed E-state index contributed by atoms with van der Waals surface area (Å²) in [6, 6.07) is 2.40. The van der Waals surface area contributed by atoms with E-state index >= 15 is 0 Å². The third-order valence-corrected chi connectivity index (χ3v) is 2.41. The van der Waals surface area contributed by atoms with Crippen molar-refractivity contribution in [1.29, 1.82) is 0 Å². The Morgan fingerprint density at radius 1 is 1.60 bits per heavy atom. The van der Waals surface area contributed by atoms with Gasteiger partial charge in [-0.3, -0.25) is 4.79 Å². The molecule has 1 rings (SSSR count). The third kappa shape index (κ3) is 2.83. The number of halogens is 2. The highest BCUT2D eigenvalue weighted by Crippen LogP contribution is 2.28. The number of carbonyl (C=O) groups is 1. The van der Waals surface area contributed by atoms with Gasteiger partial charge in [-0.2, -0.15) is 0 Å². The molecule has 0 bridgehead atoms. The summed E-state index contributed by atoms with van der Waals surface area (Å²) in [7, 11) is 0. The van der Waals surface area contributed by atoms with Gasteiger partial charge in [0.2, 0.25) is 0 Å². The highest BCUT2D eigenvalue weighted by atomic mass is 35.5. The number of carboxylic acid groups (broad SMARTS) is 1. The topological polar surface area (TPSA) is 57.5 Å². The van der Waals surface area contributed by atoms with Gasteiger partial charge in [0.1, 0.15) is 16.6 Å². The summed E-state index contributed by atoms with van der Waals surface area (Å²) in [5.41, 5.74) is 0.407. The molecular formula is C10H10ClFO3. The fourth-order valence-corrected chi connectivity index (χ4v) is 1.30. The van der Waals surface area contributed by atoms with Crippen LogP contribution in [-0.4, -0.2) is 16.2 Å². The smallest absolute Gasteiger partial charge is 0.306 e. The molecule has 0 saturated heterocycles. The van der Waals surface area contributed by atoms with Crippen LogP contribution in [0.2, 0.25) is 5.02 Å². The van der Waals surface area contributed by atoms with Crippen LogP contribution in [-0.2, 0) is 11.2 Å². The monoisotopic (exact) mass is 232 g/mol. The number of aromatic hydroxyl groups is 1. The van der Waals surface area contributed by atoms with Gasteiger partial charge < -0.3 is 10.2 Å². The zero-order valence-electron chi connectivity index (χ0n) is 8.00. The summed E-state index contributed by atoms with van der Waals surface area (Å²) in [6.45, 7) is 1.51. The molecule has 15 heavy (non-hydrogen) atoms. The molecule has 0 heterocycles. The molecule has 0 amide bonds. The highest BCUT2D eigenvalue weighted by Gasteiger charge is 2.14. The first kappa shape index (κ1) is 11.8. The predicted molar refractivity (Wildman–Crippen MR) is 53.6 cm³/mol. The van der Waals surface area contributed by atoms with Crippen LogP contribution in [0.3, 0.4) is 0 Å². The number of phenols is 1. The summed E-state index contributed by atoms with van der Waals surface area (Å²) in [4.78, 5) is 10.6. The average Bonchev–Trinajstić information content (AvgIpc) is 2.13. The second kappa shape index (κ2) is 4.49. The number of carboxylic acids is 1. The normalized spacial score (nSPS) is 12.5. The summed E-state index contributed by atoms with van der Waals surface area (Å²) < 4.78 is 13.1. The van der Waals surface area contributed by atoms with Gasteiger partial charge in [0.05, 0.1) is 5.92 Å². The Balaban J connectivity index is 2.92. The lowest BCUT2D eigenvalue weighted by molar-refractivity contribution is -0.141. The van der Waals surface area contributed by atoms with Gasteiger partial charge in [-0.15, -0.1) is 0 Å². The Bertz CT molecular complexity index is 369. The molecule has 0 spiro atoms. The number of phenolic OH excluding ortho intramolecular Hbond substituents is 1. The Labute approximate surface area is 91.1 Å². The minimum atomic E-state index is -0.968. The third-order valence-electron chi connectivity index (χ3n) is 2.03. The summed E-state index contributed by atoms with van der Waals surface area (Å²) in [5, 5.41) is 17.5. The molecular weight excluding hydrogens is 223 g/mol. The molecule has 1 aromatic rings. The molecule has 0 radical (unpaired) electrons. The van der Waals surface area contributed by atoms with E-state index in [1.807, 2.05) is 0 Å². The molecule has 2 N–H and O–H groups in total. The van der Waals surface area contributed by atoms with Gasteiger partial charge in [0.15, 0.2) is 0 Å². The predicted octanol–water partition coefficient (Wildman–Crippen LogP) is 2.45. The number of rotatable bonds is 3. The van der Waals surface area contributed by atoms with Crippen LogP contribution in [0.15, 0.2) is 12.1 Å². The molecule has 0 aliphatic rings. The maximum absolute atomic E-state index is 13.1. The lowest BCUT2D eigenvalue weighted by Crippen LogP contribution is -2.12. The van der Waals surface area contributed by atoms with Gasteiger partial charge in [-0.25, -0.2) is 4.39 Å². The van der Waals surface area contributed by atoms with Crippen molar-refractivity contribution in [2.75, 3.05) is 0 Å². The molecule has 0 aliphatic heterocycles. The fraction of sp³-hybridized carbons (Fsp3) is 0.300. The van der Waals surface area contributed by atoms with Crippen LogP contribution in [0.1, 0.15) is 12.5 Å². The van der Waals surface area contributed by atoms with Crippen LogP contribution < -0.4 is 0 Å². The number of benzene rings is 1. The zero-order chi connectivity index (χ0) is 11.6. The largest absolute Gasteiger partial charge is 0.506 e. The Morgan fingerprint density at radius 3 is 2.67 bits per heavy atom. The Kier molecular flexibility index (Phi) is 3.52. The molecule has 0 aliphatic carbocycles. The van der Waals surface area contributed by atoms with Crippen molar-refractivity contribution in [3.8, 4) is 5.75 Å². The van der Waals surface area contributed by atoms with Crippen molar-refractivity contribution in [2.45, 2.75) is 13.3 Å². The van der Waals surface area contributed by atoms with E-state index < -0.39 is 17.7 Å². The lowest BCUT2D eigenvalue weighted by Gasteiger charge is -2.07. The molecule has 1 aromatic carbocycles. The van der Waals surface area contributed by atoms with Gasteiger partial charge in [0.25, 0.3) is 0 Å². The average molecular weight is 233 g/mol. The lowest BCUT2D eigenvalue weighted by atomic mass is 10.0. The molecule has 3 nitrogen and oxygen atoms in total. The van der Waals surface area contributed by atoms with E-state index in [9.17, 15) is 14.3 Å². The SMILES string of the molecule is CC(Cc1cc(O)c(Cl)c(F)c1)C(=O)O. The molecule has 0 fully saturated rings. The molecule has 82 valence electrons. The number of hydrogen-bond donors (Lipinski definition) is 2. The van der Waals surface area contributed by atoms with Crippen molar-refractivity contribution in [3.05, 3.63) is 28.5 Å². The van der Waals surface area contributed by atoms with Crippen LogP contribution >= 0.6 is 11.6 Å². The number of aliphatic carboxylic acids is 1. The van der Waals surface area contributed by atoms with E-state index in [2.05, 4.69) is 0 Å². The molecule has 1 atom stereocenters. The minimum absolute atomic E-state index is 0.150. The maximum Gasteiger partial charge on any atom is 0.306 e. The van der Waals surface area contributed by atoms with Crippen molar-refractivity contribution in [2.24, 2.45) is 5.92 Å². The Hall–Kier alpha value is -1.29. The first-order chi connectivity index (χ1) is 6.91. The van der Waals surface area contributed by atoms with Crippen molar-refractivity contribution >= 4 is 17.6 Å². The second-order valence-electron chi connectivity index (χ2n) is 3.35. The van der Waals surface area contributed by atoms with Crippen LogP contribution in [0.25, 0.3) is 0 Å². The van der Waals surface area contributed by atoms with E-state index in [1.54, 1.807) is 0 Å². The maximum atomic E-state index is 13.1. The Morgan fingerprint density at radius 2 is 2.20 bits per heavy atom. The number of hydrogen-bond acceptors (Lipinski definition) is 2. The van der Waals surface area contributed by atoms with Gasteiger partial charge in [-0.05, 0) is 24.1 Å². The van der Waals surface area contributed by atoms with Crippen molar-refractivity contribution in [3.63, 3.8) is 0 Å². The fourth-order valence-electron chi connectivity index (χ4n) is 1.19. The quantitative estimate of drug-likeness (QED) is 0.842. The summed E-state index contributed by atoms with van der Waals surface area (Å²) in [6.07, 6.45) is 0.150. The first-order valence-corrected chi connectivity index (χ1v) is 4.69. The first-order valence-electron chi connectivity index (χ1n) is 4.31. The van der Waals surface area contributed by atoms with E-state index in [0.717, 1.165) is 6.07 Å². The van der Waals surface area contributed by atoms with Gasteiger partial charge in [0, 0.05) is 0 Å². The summed E-state index contributed by atoms with van der Waals surface area (Å²) in [5.74, 6) is -2.72. The molecule has 0 aromatic heterocycles. The molecule has 1 unspecified atom stereocenters. The second-order valence-corrected chi connectivity index (χ2v) is 3.73. The molecule has 5 heteroatoms. The van der Waals surface area contributed by atoms with E-state index in [1.165, 1.54) is 13.0 Å². The standard InChI is InChI=1S/C10H10ClFO3/c1-5(10(14)15)2-6-3-7(12)9(11)8(13)4-6/h3-5,13H,2H2,1H3,(H,14,15). The van der Waals surface area contributed by atoms with Crippen LogP contribution in [0.4, 0.5) is 4.39 Å². The van der Waals surface area contributed by atoms with E-state index in [-0.39, 0.29) is 17.2 Å². The summed E-state index contributed by atoms with van der Waals surface area (Å²) >= 11 is 5.41. The van der Waals surface area contributed by atoms with Crippen molar-refractivity contribution in [1.82, 2.24) is 0 Å². The van der Waals surface area contributed by atoms with E-state index in [0.29, 0.717) is 5.56 Å². The van der Waals surface area contributed by atoms with Gasteiger partial charge in [-0.1, -0.05) is 18.5 Å². The highest BCUT2D eigenvalue weighted by molar-refractivity contribution is 6.32. The minimum Gasteiger partial charge on any atom is -0.506 e.